The number of pyridine rings is 1. The first-order chi connectivity index (χ1) is 15.5. The first-order valence-electron chi connectivity index (χ1n) is 10.8. The van der Waals surface area contributed by atoms with Gasteiger partial charge in [0, 0.05) is 37.6 Å². The summed E-state index contributed by atoms with van der Waals surface area (Å²) < 4.78 is 1.75. The standard InChI is InChI=1S/C25H23ClN4O2/c1-16(31)29-10-8-19(9-11-29)30-15-28-24-21-5-3-2-4-20(21)18(13-22(24)25(30)32)12-17-6-7-23(26)27-14-17/h2-7,13-15,19H,8-12H2,1H3. The highest BCUT2D eigenvalue weighted by Crippen LogP contribution is 2.29. The van der Waals surface area contributed by atoms with Crippen molar-refractivity contribution in [2.24, 2.45) is 0 Å². The van der Waals surface area contributed by atoms with Crippen LogP contribution in [0.2, 0.25) is 5.15 Å². The van der Waals surface area contributed by atoms with Crippen molar-refractivity contribution < 1.29 is 4.79 Å². The number of fused-ring (bicyclic) bond motifs is 3. The molecule has 0 atom stereocenters. The van der Waals surface area contributed by atoms with Crippen LogP contribution >= 0.6 is 11.6 Å². The van der Waals surface area contributed by atoms with Gasteiger partial charge in [-0.2, -0.15) is 0 Å². The normalized spacial score (nSPS) is 14.9. The second-order valence-corrected chi connectivity index (χ2v) is 8.72. The molecule has 0 bridgehead atoms. The third-order valence-corrected chi connectivity index (χ3v) is 6.59. The molecule has 0 spiro atoms. The predicted molar refractivity (Wildman–Crippen MR) is 126 cm³/mol. The highest BCUT2D eigenvalue weighted by atomic mass is 35.5. The van der Waals surface area contributed by atoms with Crippen molar-refractivity contribution in [2.45, 2.75) is 32.2 Å². The van der Waals surface area contributed by atoms with E-state index in [1.54, 1.807) is 30.1 Å². The molecule has 162 valence electrons. The molecule has 6 nitrogen and oxygen atoms in total. The number of amides is 1. The van der Waals surface area contributed by atoms with Crippen molar-refractivity contribution in [3.63, 3.8) is 0 Å². The average Bonchev–Trinajstić information content (AvgIpc) is 2.81. The molecule has 0 aliphatic carbocycles. The third-order valence-electron chi connectivity index (χ3n) is 6.36. The largest absolute Gasteiger partial charge is 0.343 e. The molecule has 1 aliphatic heterocycles. The van der Waals surface area contributed by atoms with Gasteiger partial charge in [0.1, 0.15) is 5.15 Å². The van der Waals surface area contributed by atoms with E-state index in [2.05, 4.69) is 11.1 Å². The van der Waals surface area contributed by atoms with Crippen LogP contribution in [0.15, 0.2) is 59.8 Å². The van der Waals surface area contributed by atoms with Crippen LogP contribution in [0.4, 0.5) is 0 Å². The summed E-state index contributed by atoms with van der Waals surface area (Å²) in [6.45, 7) is 2.92. The maximum Gasteiger partial charge on any atom is 0.261 e. The number of halogens is 1. The molecule has 1 fully saturated rings. The first-order valence-corrected chi connectivity index (χ1v) is 11.2. The Morgan fingerprint density at radius 3 is 2.50 bits per heavy atom. The second kappa shape index (κ2) is 8.36. The van der Waals surface area contributed by atoms with Gasteiger partial charge in [-0.1, -0.05) is 41.9 Å². The summed E-state index contributed by atoms with van der Waals surface area (Å²) in [5, 5.41) is 3.13. The number of nitrogens with zero attached hydrogens (tertiary/aromatic N) is 4. The van der Waals surface area contributed by atoms with Crippen LogP contribution in [-0.4, -0.2) is 38.4 Å². The van der Waals surface area contributed by atoms with Crippen molar-refractivity contribution in [1.29, 1.82) is 0 Å². The number of aromatic nitrogens is 3. The minimum absolute atomic E-state index is 0.0301. The van der Waals surface area contributed by atoms with E-state index in [4.69, 9.17) is 16.6 Å². The van der Waals surface area contributed by atoms with Crippen molar-refractivity contribution in [1.82, 2.24) is 19.4 Å². The van der Waals surface area contributed by atoms with Gasteiger partial charge in [0.05, 0.1) is 17.2 Å². The Hall–Kier alpha value is -3.25. The zero-order valence-corrected chi connectivity index (χ0v) is 18.5. The molecule has 1 saturated heterocycles. The second-order valence-electron chi connectivity index (χ2n) is 8.34. The molecule has 5 rings (SSSR count). The summed E-state index contributed by atoms with van der Waals surface area (Å²) in [5.41, 5.74) is 2.78. The van der Waals surface area contributed by atoms with Crippen LogP contribution in [0.3, 0.4) is 0 Å². The topological polar surface area (TPSA) is 68.1 Å². The number of piperidine rings is 1. The Balaban J connectivity index is 1.60. The zero-order chi connectivity index (χ0) is 22.2. The summed E-state index contributed by atoms with van der Waals surface area (Å²) in [6, 6.07) is 13.8. The van der Waals surface area contributed by atoms with E-state index in [1.807, 2.05) is 35.2 Å². The van der Waals surface area contributed by atoms with Crippen molar-refractivity contribution in [3.05, 3.63) is 81.6 Å². The molecule has 32 heavy (non-hydrogen) atoms. The van der Waals surface area contributed by atoms with Gasteiger partial charge in [-0.3, -0.25) is 14.2 Å². The van der Waals surface area contributed by atoms with Crippen molar-refractivity contribution in [3.8, 4) is 0 Å². The number of benzene rings is 2. The molecule has 2 aromatic carbocycles. The molecule has 3 heterocycles. The monoisotopic (exact) mass is 446 g/mol. The third kappa shape index (κ3) is 3.75. The maximum absolute atomic E-state index is 13.5. The SMILES string of the molecule is CC(=O)N1CCC(n2cnc3c(cc(Cc4ccc(Cl)nc4)c4ccccc43)c2=O)CC1. The van der Waals surface area contributed by atoms with Gasteiger partial charge in [-0.15, -0.1) is 0 Å². The Kier molecular flexibility index (Phi) is 5.39. The van der Waals surface area contributed by atoms with Gasteiger partial charge in [0.25, 0.3) is 5.56 Å². The average molecular weight is 447 g/mol. The molecule has 0 radical (unpaired) electrons. The summed E-state index contributed by atoms with van der Waals surface area (Å²) in [4.78, 5) is 35.9. The van der Waals surface area contributed by atoms with E-state index in [0.717, 1.165) is 40.3 Å². The summed E-state index contributed by atoms with van der Waals surface area (Å²) in [5.74, 6) is 0.0836. The van der Waals surface area contributed by atoms with E-state index in [-0.39, 0.29) is 17.5 Å². The van der Waals surface area contributed by atoms with Gasteiger partial charge >= 0.3 is 0 Å². The number of hydrogen-bond acceptors (Lipinski definition) is 4. The number of carbonyl (C=O) groups excluding carboxylic acids is 1. The lowest BCUT2D eigenvalue weighted by atomic mass is 9.96. The van der Waals surface area contributed by atoms with E-state index >= 15 is 0 Å². The lowest BCUT2D eigenvalue weighted by molar-refractivity contribution is -0.130. The Morgan fingerprint density at radius 1 is 1.06 bits per heavy atom. The van der Waals surface area contributed by atoms with E-state index in [0.29, 0.717) is 30.0 Å². The molecular formula is C25H23ClN4O2. The Morgan fingerprint density at radius 2 is 1.81 bits per heavy atom. The van der Waals surface area contributed by atoms with Gasteiger partial charge in [-0.25, -0.2) is 9.97 Å². The molecule has 0 N–H and O–H groups in total. The van der Waals surface area contributed by atoms with Crippen LogP contribution in [0.1, 0.15) is 36.9 Å². The van der Waals surface area contributed by atoms with Crippen molar-refractivity contribution in [2.75, 3.05) is 13.1 Å². The van der Waals surface area contributed by atoms with Crippen LogP contribution in [0, 0.1) is 0 Å². The van der Waals surface area contributed by atoms with Gasteiger partial charge in [-0.05, 0) is 47.9 Å². The fraction of sp³-hybridized carbons (Fsp3) is 0.280. The highest BCUT2D eigenvalue weighted by molar-refractivity contribution is 6.29. The van der Waals surface area contributed by atoms with Crippen LogP contribution in [0.25, 0.3) is 21.7 Å². The molecular weight excluding hydrogens is 424 g/mol. The fourth-order valence-corrected chi connectivity index (χ4v) is 4.76. The predicted octanol–water partition coefficient (Wildman–Crippen LogP) is 4.37. The van der Waals surface area contributed by atoms with Crippen LogP contribution in [-0.2, 0) is 11.2 Å². The minimum Gasteiger partial charge on any atom is -0.343 e. The van der Waals surface area contributed by atoms with Gasteiger partial charge in [0.2, 0.25) is 5.91 Å². The van der Waals surface area contributed by atoms with E-state index in [9.17, 15) is 9.59 Å². The smallest absolute Gasteiger partial charge is 0.261 e. The summed E-state index contributed by atoms with van der Waals surface area (Å²) in [7, 11) is 0. The number of hydrogen-bond donors (Lipinski definition) is 0. The lowest BCUT2D eigenvalue weighted by Crippen LogP contribution is -2.39. The quantitative estimate of drug-likeness (QED) is 0.346. The van der Waals surface area contributed by atoms with E-state index < -0.39 is 0 Å². The summed E-state index contributed by atoms with van der Waals surface area (Å²) in [6.07, 6.45) is 5.60. The molecule has 0 saturated carbocycles. The number of rotatable bonds is 3. The molecule has 7 heteroatoms. The molecule has 4 aromatic rings. The maximum atomic E-state index is 13.5. The van der Waals surface area contributed by atoms with E-state index in [1.165, 1.54) is 0 Å². The number of carbonyl (C=O) groups is 1. The first kappa shape index (κ1) is 20.6. The van der Waals surface area contributed by atoms with Crippen LogP contribution < -0.4 is 5.56 Å². The molecule has 0 unspecified atom stereocenters. The van der Waals surface area contributed by atoms with Gasteiger partial charge < -0.3 is 4.90 Å². The fourth-order valence-electron chi connectivity index (χ4n) is 4.64. The number of likely N-dealkylation sites (tertiary alicyclic amines) is 1. The lowest BCUT2D eigenvalue weighted by Gasteiger charge is -2.32. The van der Waals surface area contributed by atoms with Crippen LogP contribution in [0.5, 0.6) is 0 Å². The molecule has 1 aliphatic rings. The van der Waals surface area contributed by atoms with Crippen molar-refractivity contribution >= 4 is 39.2 Å². The Labute approximate surface area is 190 Å². The Bertz CT molecular complexity index is 1370. The van der Waals surface area contributed by atoms with Gasteiger partial charge in [0.15, 0.2) is 0 Å². The minimum atomic E-state index is -0.0301. The highest BCUT2D eigenvalue weighted by Gasteiger charge is 2.23. The zero-order valence-electron chi connectivity index (χ0n) is 17.8. The molecule has 2 aromatic heterocycles. The summed E-state index contributed by atoms with van der Waals surface area (Å²) >= 11 is 5.94. The molecule has 1 amide bonds.